The second-order valence-corrected chi connectivity index (χ2v) is 5.06. The van der Waals surface area contributed by atoms with Gasteiger partial charge < -0.3 is 9.88 Å². The smallest absolute Gasteiger partial charge is 0.0991 e. The van der Waals surface area contributed by atoms with E-state index < -0.39 is 0 Å². The van der Waals surface area contributed by atoms with E-state index in [2.05, 4.69) is 48.4 Å². The number of benzene rings is 1. The average molecular weight is 257 g/mol. The van der Waals surface area contributed by atoms with Crippen molar-refractivity contribution in [2.24, 2.45) is 0 Å². The summed E-state index contributed by atoms with van der Waals surface area (Å²) in [5.41, 5.74) is 2.48. The van der Waals surface area contributed by atoms with E-state index in [1.165, 1.54) is 24.8 Å². The lowest BCUT2D eigenvalue weighted by Crippen LogP contribution is -2.25. The number of hydrogen-bond donors (Lipinski definition) is 1. The summed E-state index contributed by atoms with van der Waals surface area (Å²) in [5.74, 6) is 0. The fraction of sp³-hybridized carbons (Fsp3) is 0.438. The summed E-state index contributed by atoms with van der Waals surface area (Å²) in [6.07, 6.45) is 9.40. The molecule has 0 saturated heterocycles. The standard InChI is InChI=1S/C16H23N3/c1-3-4-5-14(2)18-12-15-6-8-16(9-7-15)19-11-10-17-13-19/h6-11,13-14,18H,3-5,12H2,1-2H3. The topological polar surface area (TPSA) is 29.9 Å². The van der Waals surface area contributed by atoms with Gasteiger partial charge in [-0.2, -0.15) is 0 Å². The first-order chi connectivity index (χ1) is 9.29. The lowest BCUT2D eigenvalue weighted by molar-refractivity contribution is 0.495. The Morgan fingerprint density at radius 2 is 2.05 bits per heavy atom. The Hall–Kier alpha value is -1.61. The van der Waals surface area contributed by atoms with Crippen molar-refractivity contribution in [3.05, 3.63) is 48.5 Å². The summed E-state index contributed by atoms with van der Waals surface area (Å²) >= 11 is 0. The molecule has 0 amide bonds. The highest BCUT2D eigenvalue weighted by Gasteiger charge is 2.01. The molecule has 1 unspecified atom stereocenters. The van der Waals surface area contributed by atoms with Crippen LogP contribution in [0.1, 0.15) is 38.7 Å². The van der Waals surface area contributed by atoms with Gasteiger partial charge in [0.25, 0.3) is 0 Å². The van der Waals surface area contributed by atoms with Crippen molar-refractivity contribution in [3.63, 3.8) is 0 Å². The van der Waals surface area contributed by atoms with Crippen molar-refractivity contribution in [3.8, 4) is 5.69 Å². The number of nitrogens with zero attached hydrogens (tertiary/aromatic N) is 2. The zero-order valence-corrected chi connectivity index (χ0v) is 11.8. The van der Waals surface area contributed by atoms with Gasteiger partial charge in [-0.1, -0.05) is 31.9 Å². The van der Waals surface area contributed by atoms with Crippen LogP contribution in [0, 0.1) is 0 Å². The fourth-order valence-electron chi connectivity index (χ4n) is 2.10. The van der Waals surface area contributed by atoms with E-state index in [1.807, 2.05) is 17.1 Å². The van der Waals surface area contributed by atoms with Gasteiger partial charge in [0.1, 0.15) is 0 Å². The van der Waals surface area contributed by atoms with E-state index in [4.69, 9.17) is 0 Å². The third-order valence-electron chi connectivity index (χ3n) is 3.38. The van der Waals surface area contributed by atoms with E-state index in [9.17, 15) is 0 Å². The van der Waals surface area contributed by atoms with Crippen LogP contribution in [0.15, 0.2) is 43.0 Å². The average Bonchev–Trinajstić information content (AvgIpc) is 2.97. The molecule has 0 radical (unpaired) electrons. The van der Waals surface area contributed by atoms with Gasteiger partial charge in [0.15, 0.2) is 0 Å². The molecule has 0 aliphatic rings. The summed E-state index contributed by atoms with van der Waals surface area (Å²) in [6, 6.07) is 9.21. The Bertz CT molecular complexity index is 459. The molecule has 0 aliphatic heterocycles. The van der Waals surface area contributed by atoms with E-state index in [0.29, 0.717) is 6.04 Å². The molecule has 1 heterocycles. The zero-order chi connectivity index (χ0) is 13.5. The molecule has 2 aromatic rings. The number of aromatic nitrogens is 2. The SMILES string of the molecule is CCCCC(C)NCc1ccc(-n2ccnc2)cc1. The van der Waals surface area contributed by atoms with Crippen LogP contribution in [0.4, 0.5) is 0 Å². The highest BCUT2D eigenvalue weighted by atomic mass is 15.0. The highest BCUT2D eigenvalue weighted by molar-refractivity contribution is 5.34. The van der Waals surface area contributed by atoms with Crippen LogP contribution in [0.5, 0.6) is 0 Å². The van der Waals surface area contributed by atoms with Crippen LogP contribution in [0.2, 0.25) is 0 Å². The molecule has 1 N–H and O–H groups in total. The molecule has 0 bridgehead atoms. The predicted molar refractivity (Wildman–Crippen MR) is 79.4 cm³/mol. The normalized spacial score (nSPS) is 12.5. The number of unbranched alkanes of at least 4 members (excludes halogenated alkanes) is 1. The molecule has 0 spiro atoms. The summed E-state index contributed by atoms with van der Waals surface area (Å²) in [7, 11) is 0. The first kappa shape index (κ1) is 13.8. The molecule has 102 valence electrons. The number of nitrogens with one attached hydrogen (secondary N) is 1. The Balaban J connectivity index is 1.85. The van der Waals surface area contributed by atoms with Gasteiger partial charge in [-0.25, -0.2) is 4.98 Å². The van der Waals surface area contributed by atoms with E-state index in [1.54, 1.807) is 6.20 Å². The van der Waals surface area contributed by atoms with Crippen LogP contribution < -0.4 is 5.32 Å². The van der Waals surface area contributed by atoms with Gasteiger partial charge in [-0.05, 0) is 31.0 Å². The maximum atomic E-state index is 4.06. The van der Waals surface area contributed by atoms with Crippen molar-refractivity contribution in [1.82, 2.24) is 14.9 Å². The molecule has 1 aromatic carbocycles. The Morgan fingerprint density at radius 1 is 1.26 bits per heavy atom. The Morgan fingerprint density at radius 3 is 2.68 bits per heavy atom. The maximum absolute atomic E-state index is 4.06. The lowest BCUT2D eigenvalue weighted by Gasteiger charge is -2.13. The van der Waals surface area contributed by atoms with E-state index >= 15 is 0 Å². The zero-order valence-electron chi connectivity index (χ0n) is 11.8. The second-order valence-electron chi connectivity index (χ2n) is 5.06. The van der Waals surface area contributed by atoms with Crippen molar-refractivity contribution in [2.45, 2.75) is 45.7 Å². The summed E-state index contributed by atoms with van der Waals surface area (Å²) < 4.78 is 2.01. The third-order valence-corrected chi connectivity index (χ3v) is 3.38. The maximum Gasteiger partial charge on any atom is 0.0991 e. The minimum Gasteiger partial charge on any atom is -0.310 e. The molecule has 19 heavy (non-hydrogen) atoms. The lowest BCUT2D eigenvalue weighted by atomic mass is 10.1. The first-order valence-corrected chi connectivity index (χ1v) is 7.10. The number of rotatable bonds is 7. The molecule has 1 aromatic heterocycles. The second kappa shape index (κ2) is 7.10. The van der Waals surface area contributed by atoms with Gasteiger partial charge in [-0.15, -0.1) is 0 Å². The van der Waals surface area contributed by atoms with Crippen molar-refractivity contribution >= 4 is 0 Å². The minimum atomic E-state index is 0.591. The Kier molecular flexibility index (Phi) is 5.16. The van der Waals surface area contributed by atoms with Crippen molar-refractivity contribution in [2.75, 3.05) is 0 Å². The quantitative estimate of drug-likeness (QED) is 0.822. The monoisotopic (exact) mass is 257 g/mol. The summed E-state index contributed by atoms with van der Waals surface area (Å²) in [6.45, 7) is 5.44. The van der Waals surface area contributed by atoms with Crippen molar-refractivity contribution in [1.29, 1.82) is 0 Å². The van der Waals surface area contributed by atoms with Crippen LogP contribution in [0.25, 0.3) is 5.69 Å². The third kappa shape index (κ3) is 4.21. The summed E-state index contributed by atoms with van der Waals surface area (Å²) in [5, 5.41) is 3.57. The summed E-state index contributed by atoms with van der Waals surface area (Å²) in [4.78, 5) is 4.06. The first-order valence-electron chi connectivity index (χ1n) is 7.10. The van der Waals surface area contributed by atoms with E-state index in [-0.39, 0.29) is 0 Å². The molecule has 0 aliphatic carbocycles. The molecule has 1 atom stereocenters. The van der Waals surface area contributed by atoms with Crippen LogP contribution in [-0.4, -0.2) is 15.6 Å². The molecule has 2 rings (SSSR count). The van der Waals surface area contributed by atoms with Crippen molar-refractivity contribution < 1.29 is 0 Å². The Labute approximate surface area is 115 Å². The van der Waals surface area contributed by atoms with Gasteiger partial charge in [0, 0.05) is 30.7 Å². The number of hydrogen-bond acceptors (Lipinski definition) is 2. The molecule has 0 saturated carbocycles. The molecular formula is C16H23N3. The van der Waals surface area contributed by atoms with Gasteiger partial charge in [-0.3, -0.25) is 0 Å². The molecule has 3 heteroatoms. The molecular weight excluding hydrogens is 234 g/mol. The van der Waals surface area contributed by atoms with Crippen LogP contribution >= 0.6 is 0 Å². The van der Waals surface area contributed by atoms with Gasteiger partial charge >= 0.3 is 0 Å². The minimum absolute atomic E-state index is 0.591. The molecule has 3 nitrogen and oxygen atoms in total. The number of imidazole rings is 1. The van der Waals surface area contributed by atoms with Gasteiger partial charge in [0.05, 0.1) is 6.33 Å². The highest BCUT2D eigenvalue weighted by Crippen LogP contribution is 2.09. The van der Waals surface area contributed by atoms with Crippen LogP contribution in [-0.2, 0) is 6.54 Å². The largest absolute Gasteiger partial charge is 0.310 e. The van der Waals surface area contributed by atoms with Gasteiger partial charge in [0.2, 0.25) is 0 Å². The van der Waals surface area contributed by atoms with Crippen LogP contribution in [0.3, 0.4) is 0 Å². The predicted octanol–water partition coefficient (Wildman–Crippen LogP) is 3.54. The fourth-order valence-corrected chi connectivity index (χ4v) is 2.10. The van der Waals surface area contributed by atoms with E-state index in [0.717, 1.165) is 12.2 Å². The molecule has 0 fully saturated rings.